The van der Waals surface area contributed by atoms with Crippen LogP contribution in [0.15, 0.2) is 0 Å². The maximum atomic E-state index is 10.7. The average molecular weight is 173 g/mol. The Labute approximate surface area is 71.8 Å². The summed E-state index contributed by atoms with van der Waals surface area (Å²) in [6.07, 6.45) is 0.319. The van der Waals surface area contributed by atoms with Crippen LogP contribution in [0.25, 0.3) is 0 Å². The number of carbonyl (C=O) groups is 1. The quantitative estimate of drug-likeness (QED) is 0.575. The van der Waals surface area contributed by atoms with Crippen molar-refractivity contribution in [2.45, 2.75) is 18.9 Å². The van der Waals surface area contributed by atoms with Crippen molar-refractivity contribution in [2.75, 3.05) is 20.1 Å². The lowest BCUT2D eigenvalue weighted by molar-refractivity contribution is -0.170. The van der Waals surface area contributed by atoms with Crippen LogP contribution in [0.1, 0.15) is 13.3 Å². The van der Waals surface area contributed by atoms with Crippen molar-refractivity contribution in [3.63, 3.8) is 0 Å². The van der Waals surface area contributed by atoms with Gasteiger partial charge in [0, 0.05) is 19.0 Å². The Morgan fingerprint density at radius 3 is 2.67 bits per heavy atom. The van der Waals surface area contributed by atoms with Gasteiger partial charge in [-0.1, -0.05) is 6.92 Å². The molecule has 1 heterocycles. The molecule has 4 heteroatoms. The molecule has 0 bridgehead atoms. The van der Waals surface area contributed by atoms with Crippen molar-refractivity contribution in [2.24, 2.45) is 5.92 Å². The number of nitrogens with zero attached hydrogens (tertiary/aromatic N) is 1. The Kier molecular flexibility index (Phi) is 2.39. The van der Waals surface area contributed by atoms with Gasteiger partial charge in [-0.2, -0.15) is 0 Å². The van der Waals surface area contributed by atoms with Crippen molar-refractivity contribution >= 4 is 5.97 Å². The lowest BCUT2D eigenvalue weighted by Crippen LogP contribution is -2.54. The molecule has 1 aliphatic heterocycles. The summed E-state index contributed by atoms with van der Waals surface area (Å²) in [5, 5.41) is 18.5. The third-order valence-corrected chi connectivity index (χ3v) is 2.65. The Balaban J connectivity index is 2.72. The smallest absolute Gasteiger partial charge is 0.336 e. The molecular weight excluding hydrogens is 158 g/mol. The molecule has 4 nitrogen and oxygen atoms in total. The Hall–Kier alpha value is -0.610. The largest absolute Gasteiger partial charge is 0.479 e. The van der Waals surface area contributed by atoms with Crippen LogP contribution in [0.2, 0.25) is 0 Å². The van der Waals surface area contributed by atoms with E-state index >= 15 is 0 Å². The predicted molar refractivity (Wildman–Crippen MR) is 43.9 cm³/mol. The number of carboxylic acids is 1. The van der Waals surface area contributed by atoms with Gasteiger partial charge in [-0.05, 0) is 13.5 Å². The summed E-state index contributed by atoms with van der Waals surface area (Å²) in [5.41, 5.74) is -1.51. The highest BCUT2D eigenvalue weighted by atomic mass is 16.4. The van der Waals surface area contributed by atoms with Crippen LogP contribution in [0, 0.1) is 5.92 Å². The minimum Gasteiger partial charge on any atom is -0.479 e. The third kappa shape index (κ3) is 1.44. The van der Waals surface area contributed by atoms with Crippen LogP contribution in [0.4, 0.5) is 0 Å². The maximum Gasteiger partial charge on any atom is 0.336 e. The molecule has 0 aromatic heterocycles. The SMILES string of the molecule is CC1CN(C)CCC1(O)C(=O)O. The van der Waals surface area contributed by atoms with Crippen LogP contribution in [0.5, 0.6) is 0 Å². The zero-order valence-corrected chi connectivity index (χ0v) is 7.45. The van der Waals surface area contributed by atoms with Crippen molar-refractivity contribution in [3.8, 4) is 0 Å². The van der Waals surface area contributed by atoms with E-state index < -0.39 is 11.6 Å². The van der Waals surface area contributed by atoms with Crippen molar-refractivity contribution in [3.05, 3.63) is 0 Å². The van der Waals surface area contributed by atoms with E-state index in [-0.39, 0.29) is 5.92 Å². The molecule has 1 saturated heterocycles. The summed E-state index contributed by atoms with van der Waals surface area (Å²) in [6.45, 7) is 3.06. The lowest BCUT2D eigenvalue weighted by atomic mass is 9.82. The number of likely N-dealkylation sites (tertiary alicyclic amines) is 1. The highest BCUT2D eigenvalue weighted by molar-refractivity contribution is 5.77. The Bertz CT molecular complexity index is 195. The molecule has 0 aromatic carbocycles. The molecule has 0 saturated carbocycles. The first-order chi connectivity index (χ1) is 5.47. The number of aliphatic hydroxyl groups is 1. The molecule has 1 fully saturated rings. The highest BCUT2D eigenvalue weighted by Crippen LogP contribution is 2.27. The third-order valence-electron chi connectivity index (χ3n) is 2.65. The van der Waals surface area contributed by atoms with E-state index in [9.17, 15) is 9.90 Å². The van der Waals surface area contributed by atoms with Crippen LogP contribution in [-0.2, 0) is 4.79 Å². The van der Waals surface area contributed by atoms with Gasteiger partial charge in [0.1, 0.15) is 0 Å². The summed E-state index contributed by atoms with van der Waals surface area (Å²) in [7, 11) is 1.93. The molecular formula is C8H15NO3. The second-order valence-corrected chi connectivity index (χ2v) is 3.64. The zero-order valence-electron chi connectivity index (χ0n) is 7.45. The molecule has 1 aliphatic rings. The number of carboxylic acid groups (broad SMARTS) is 1. The molecule has 1 rings (SSSR count). The fraction of sp³-hybridized carbons (Fsp3) is 0.875. The number of rotatable bonds is 1. The molecule has 2 N–H and O–H groups in total. The summed E-state index contributed by atoms with van der Waals surface area (Å²) in [5.74, 6) is -1.29. The van der Waals surface area contributed by atoms with Crippen LogP contribution in [-0.4, -0.2) is 46.8 Å². The molecule has 2 unspecified atom stereocenters. The van der Waals surface area contributed by atoms with E-state index in [0.29, 0.717) is 19.5 Å². The van der Waals surface area contributed by atoms with Gasteiger partial charge < -0.3 is 15.1 Å². The van der Waals surface area contributed by atoms with E-state index in [1.165, 1.54) is 0 Å². The average Bonchev–Trinajstić information content (AvgIpc) is 1.97. The first-order valence-corrected chi connectivity index (χ1v) is 4.11. The van der Waals surface area contributed by atoms with Gasteiger partial charge in [0.05, 0.1) is 0 Å². The maximum absolute atomic E-state index is 10.7. The van der Waals surface area contributed by atoms with Crippen LogP contribution < -0.4 is 0 Å². The fourth-order valence-electron chi connectivity index (χ4n) is 1.64. The number of piperidine rings is 1. The number of hydrogen-bond donors (Lipinski definition) is 2. The Morgan fingerprint density at radius 1 is 1.67 bits per heavy atom. The van der Waals surface area contributed by atoms with Gasteiger partial charge in [0.25, 0.3) is 0 Å². The molecule has 0 aromatic rings. The van der Waals surface area contributed by atoms with Gasteiger partial charge in [0.15, 0.2) is 5.60 Å². The summed E-state index contributed by atoms with van der Waals surface area (Å²) < 4.78 is 0. The standard InChI is InChI=1S/C8H15NO3/c1-6-5-9(2)4-3-8(6,12)7(10)11/h6,12H,3-5H2,1-2H3,(H,10,11). The molecule has 0 spiro atoms. The van der Waals surface area contributed by atoms with Crippen LogP contribution in [0.3, 0.4) is 0 Å². The van der Waals surface area contributed by atoms with Gasteiger partial charge in [-0.25, -0.2) is 4.79 Å². The van der Waals surface area contributed by atoms with E-state index in [2.05, 4.69) is 0 Å². The molecule has 2 atom stereocenters. The van der Waals surface area contributed by atoms with E-state index in [1.54, 1.807) is 6.92 Å². The summed E-state index contributed by atoms with van der Waals surface area (Å²) in [6, 6.07) is 0. The van der Waals surface area contributed by atoms with Crippen molar-refractivity contribution < 1.29 is 15.0 Å². The normalized spacial score (nSPS) is 38.1. The van der Waals surface area contributed by atoms with Crippen molar-refractivity contribution in [1.82, 2.24) is 4.90 Å². The predicted octanol–water partition coefficient (Wildman–Crippen LogP) is -0.226. The molecule has 70 valence electrons. The van der Waals surface area contributed by atoms with Gasteiger partial charge in [-0.3, -0.25) is 0 Å². The van der Waals surface area contributed by atoms with Gasteiger partial charge in [-0.15, -0.1) is 0 Å². The van der Waals surface area contributed by atoms with E-state index in [4.69, 9.17) is 5.11 Å². The number of aliphatic carboxylic acids is 1. The van der Waals surface area contributed by atoms with E-state index in [1.807, 2.05) is 11.9 Å². The molecule has 12 heavy (non-hydrogen) atoms. The fourth-order valence-corrected chi connectivity index (χ4v) is 1.64. The highest BCUT2D eigenvalue weighted by Gasteiger charge is 2.44. The van der Waals surface area contributed by atoms with Gasteiger partial charge in [0.2, 0.25) is 0 Å². The minimum absolute atomic E-state index is 0.200. The number of hydrogen-bond acceptors (Lipinski definition) is 3. The second kappa shape index (κ2) is 3.03. The van der Waals surface area contributed by atoms with Crippen LogP contribution >= 0.6 is 0 Å². The summed E-state index contributed by atoms with van der Waals surface area (Å²) in [4.78, 5) is 12.8. The molecule has 0 amide bonds. The summed E-state index contributed by atoms with van der Waals surface area (Å²) >= 11 is 0. The second-order valence-electron chi connectivity index (χ2n) is 3.64. The molecule has 0 radical (unpaired) electrons. The minimum atomic E-state index is -1.51. The first kappa shape index (κ1) is 9.48. The van der Waals surface area contributed by atoms with E-state index in [0.717, 1.165) is 0 Å². The molecule has 0 aliphatic carbocycles. The topological polar surface area (TPSA) is 60.8 Å². The van der Waals surface area contributed by atoms with Crippen molar-refractivity contribution in [1.29, 1.82) is 0 Å². The van der Waals surface area contributed by atoms with Gasteiger partial charge >= 0.3 is 5.97 Å². The monoisotopic (exact) mass is 173 g/mol. The first-order valence-electron chi connectivity index (χ1n) is 4.11. The lowest BCUT2D eigenvalue weighted by Gasteiger charge is -2.38. The Morgan fingerprint density at radius 2 is 2.25 bits per heavy atom. The zero-order chi connectivity index (χ0) is 9.35.